The molecule has 5 rings (SSSR count). The van der Waals surface area contributed by atoms with Crippen LogP contribution in [0.1, 0.15) is 17.4 Å². The fourth-order valence-corrected chi connectivity index (χ4v) is 4.98. The van der Waals surface area contributed by atoms with E-state index < -0.39 is 33.3 Å². The van der Waals surface area contributed by atoms with Crippen molar-refractivity contribution >= 4 is 9.84 Å². The van der Waals surface area contributed by atoms with E-state index in [-0.39, 0.29) is 44.9 Å². The molecule has 0 atom stereocenters. The van der Waals surface area contributed by atoms with Crippen molar-refractivity contribution in [3.63, 3.8) is 0 Å². The summed E-state index contributed by atoms with van der Waals surface area (Å²) in [5, 5.41) is 0. The first kappa shape index (κ1) is 27.3. The molecule has 2 heterocycles. The summed E-state index contributed by atoms with van der Waals surface area (Å²) in [4.78, 5) is 8.17. The molecule has 0 saturated heterocycles. The van der Waals surface area contributed by atoms with Crippen molar-refractivity contribution in [1.29, 1.82) is 0 Å². The van der Waals surface area contributed by atoms with Gasteiger partial charge in [0.15, 0.2) is 38.8 Å². The molecule has 0 N–H and O–H groups in total. The van der Waals surface area contributed by atoms with E-state index in [2.05, 4.69) is 9.97 Å². The Hall–Kier alpha value is -4.32. The van der Waals surface area contributed by atoms with Crippen LogP contribution in [0.25, 0.3) is 39.4 Å². The average Bonchev–Trinajstić information content (AvgIpc) is 3.47. The highest BCUT2D eigenvalue weighted by Gasteiger charge is 2.35. The van der Waals surface area contributed by atoms with Crippen LogP contribution in [0.3, 0.4) is 0 Å². The predicted molar refractivity (Wildman–Crippen MR) is 137 cm³/mol. The summed E-state index contributed by atoms with van der Waals surface area (Å²) in [5.41, 5.74) is 0.787. The van der Waals surface area contributed by atoms with Gasteiger partial charge in [0.25, 0.3) is 0 Å². The molecule has 0 spiro atoms. The van der Waals surface area contributed by atoms with E-state index in [1.807, 2.05) is 0 Å². The Balaban J connectivity index is 1.78. The maximum absolute atomic E-state index is 14.1. The number of alkyl halides is 3. The van der Waals surface area contributed by atoms with Crippen molar-refractivity contribution < 1.29 is 34.8 Å². The molecule has 2 aromatic heterocycles. The highest BCUT2D eigenvalue weighted by atomic mass is 32.2. The Bertz CT molecular complexity index is 1870. The van der Waals surface area contributed by atoms with Crippen molar-refractivity contribution in [2.75, 3.05) is 6.26 Å². The van der Waals surface area contributed by atoms with Gasteiger partial charge in [-0.15, -0.1) is 0 Å². The smallest absolute Gasteiger partial charge is 0.434 e. The summed E-state index contributed by atoms with van der Waals surface area (Å²) in [6.45, 7) is 2.95. The van der Waals surface area contributed by atoms with Crippen molar-refractivity contribution in [2.45, 2.75) is 24.9 Å². The van der Waals surface area contributed by atoms with Gasteiger partial charge in [-0.05, 0) is 60.5 Å². The van der Waals surface area contributed by atoms with E-state index in [1.165, 1.54) is 36.6 Å². The molecule has 206 valence electrons. The molecule has 0 aliphatic heterocycles. The molecule has 6 nitrogen and oxygen atoms in total. The van der Waals surface area contributed by atoms with Crippen LogP contribution in [0, 0.1) is 25.5 Å². The van der Waals surface area contributed by atoms with E-state index in [0.29, 0.717) is 11.1 Å². The first-order valence-electron chi connectivity index (χ1n) is 11.7. The number of hydrogen-bond acceptors (Lipinski definition) is 5. The van der Waals surface area contributed by atoms with Crippen molar-refractivity contribution in [1.82, 2.24) is 14.5 Å². The van der Waals surface area contributed by atoms with E-state index >= 15 is 0 Å². The van der Waals surface area contributed by atoms with Crippen LogP contribution in [0.15, 0.2) is 76.2 Å². The lowest BCUT2D eigenvalue weighted by Crippen LogP contribution is -2.05. The minimum atomic E-state index is -4.69. The van der Waals surface area contributed by atoms with Crippen LogP contribution in [0.2, 0.25) is 0 Å². The van der Waals surface area contributed by atoms with Crippen LogP contribution in [0.5, 0.6) is 0 Å². The Kier molecular flexibility index (Phi) is 6.61. The molecule has 0 radical (unpaired) electrons. The third-order valence-corrected chi connectivity index (χ3v) is 7.31. The van der Waals surface area contributed by atoms with E-state index in [9.17, 15) is 30.4 Å². The molecule has 0 aliphatic carbocycles. The van der Waals surface area contributed by atoms with Crippen LogP contribution >= 0.6 is 0 Å². The third-order valence-electron chi connectivity index (χ3n) is 6.20. The van der Waals surface area contributed by atoms with Crippen LogP contribution < -0.4 is 0 Å². The second-order valence-electron chi connectivity index (χ2n) is 9.11. The van der Waals surface area contributed by atoms with Gasteiger partial charge in [-0.1, -0.05) is 18.2 Å². The molecule has 12 heteroatoms. The summed E-state index contributed by atoms with van der Waals surface area (Å²) in [6, 6.07) is 14.1. The second kappa shape index (κ2) is 9.70. The fraction of sp³-hybridized carbons (Fsp3) is 0.143. The summed E-state index contributed by atoms with van der Waals surface area (Å²) in [7, 11) is -3.52. The number of hydrogen-bond donors (Lipinski definition) is 0. The van der Waals surface area contributed by atoms with Gasteiger partial charge in [-0.2, -0.15) is 13.2 Å². The number of sulfone groups is 1. The number of oxazole rings is 1. The predicted octanol–water partition coefficient (Wildman–Crippen LogP) is 7.18. The monoisotopic (exact) mass is 573 g/mol. The van der Waals surface area contributed by atoms with E-state index in [0.717, 1.165) is 24.6 Å². The highest BCUT2D eigenvalue weighted by molar-refractivity contribution is 7.90. The number of imidazole rings is 1. The van der Waals surface area contributed by atoms with Crippen molar-refractivity contribution in [3.8, 4) is 39.4 Å². The molecule has 40 heavy (non-hydrogen) atoms. The number of halogens is 5. The Morgan fingerprint density at radius 1 is 0.850 bits per heavy atom. The first-order chi connectivity index (χ1) is 18.7. The SMILES string of the molecule is Cc1nc(-c2cc(-c3cccc(S(C)(=O)=O)c3)ccc2-n2cc(C(F)(F)F)nc2C)c(-c2ccc(F)c(F)c2)o1. The van der Waals surface area contributed by atoms with Crippen LogP contribution in [0.4, 0.5) is 22.0 Å². The zero-order valence-electron chi connectivity index (χ0n) is 21.2. The van der Waals surface area contributed by atoms with E-state index in [4.69, 9.17) is 4.42 Å². The Labute approximate surface area is 225 Å². The summed E-state index contributed by atoms with van der Waals surface area (Å²) >= 11 is 0. The molecular formula is C28H20F5N3O3S. The fourth-order valence-electron chi connectivity index (χ4n) is 4.32. The maximum Gasteiger partial charge on any atom is 0.434 e. The number of aryl methyl sites for hydroxylation is 2. The molecule has 0 amide bonds. The second-order valence-corrected chi connectivity index (χ2v) is 11.1. The molecule has 0 unspecified atom stereocenters. The summed E-state index contributed by atoms with van der Waals surface area (Å²) < 4.78 is 99.5. The molecule has 0 aliphatic rings. The topological polar surface area (TPSA) is 78.0 Å². The van der Waals surface area contributed by atoms with Gasteiger partial charge in [0.05, 0.1) is 10.6 Å². The van der Waals surface area contributed by atoms with Gasteiger partial charge < -0.3 is 8.98 Å². The number of nitrogens with zero attached hydrogens (tertiary/aromatic N) is 3. The van der Waals surface area contributed by atoms with Gasteiger partial charge in [0.2, 0.25) is 0 Å². The lowest BCUT2D eigenvalue weighted by atomic mass is 9.98. The molecule has 5 aromatic rings. The highest BCUT2D eigenvalue weighted by Crippen LogP contribution is 2.40. The molecule has 0 fully saturated rings. The molecular weight excluding hydrogens is 553 g/mol. The van der Waals surface area contributed by atoms with Gasteiger partial charge in [0.1, 0.15) is 11.5 Å². The third kappa shape index (κ3) is 5.14. The summed E-state index contributed by atoms with van der Waals surface area (Å²) in [6.07, 6.45) is -2.77. The van der Waals surface area contributed by atoms with Gasteiger partial charge in [-0.3, -0.25) is 0 Å². The van der Waals surface area contributed by atoms with Crippen molar-refractivity contribution in [2.24, 2.45) is 0 Å². The molecule has 3 aromatic carbocycles. The zero-order chi connectivity index (χ0) is 29.0. The lowest BCUT2D eigenvalue weighted by molar-refractivity contribution is -0.141. The summed E-state index contributed by atoms with van der Waals surface area (Å²) in [5.74, 6) is -1.92. The lowest BCUT2D eigenvalue weighted by Gasteiger charge is -2.14. The Morgan fingerprint density at radius 3 is 2.20 bits per heavy atom. The first-order valence-corrected chi connectivity index (χ1v) is 13.6. The van der Waals surface area contributed by atoms with E-state index in [1.54, 1.807) is 30.3 Å². The largest absolute Gasteiger partial charge is 0.440 e. The normalized spacial score (nSPS) is 12.2. The standard InChI is InChI=1S/C28H20F5N3O3S/c1-15-34-25(28(31,32)33)14-36(15)24-10-8-18(17-5-4-6-20(11-17)40(3,37)38)12-21(24)26-27(39-16(2)35-26)19-7-9-22(29)23(30)13-19/h4-14H,1-3H3. The minimum absolute atomic E-state index is 0.0370. The maximum atomic E-state index is 14.1. The van der Waals surface area contributed by atoms with Gasteiger partial charge in [0, 0.05) is 30.5 Å². The minimum Gasteiger partial charge on any atom is -0.440 e. The van der Waals surface area contributed by atoms with Crippen LogP contribution in [-0.4, -0.2) is 29.2 Å². The van der Waals surface area contributed by atoms with Crippen molar-refractivity contribution in [3.05, 3.63) is 95.9 Å². The number of benzene rings is 3. The number of aromatic nitrogens is 3. The van der Waals surface area contributed by atoms with Gasteiger partial charge in [-0.25, -0.2) is 27.2 Å². The Morgan fingerprint density at radius 2 is 1.55 bits per heavy atom. The average molecular weight is 574 g/mol. The molecule has 0 saturated carbocycles. The number of rotatable bonds is 5. The quantitative estimate of drug-likeness (QED) is 0.208. The van der Waals surface area contributed by atoms with Gasteiger partial charge >= 0.3 is 6.18 Å². The zero-order valence-corrected chi connectivity index (χ0v) is 22.0. The van der Waals surface area contributed by atoms with Crippen LogP contribution in [-0.2, 0) is 16.0 Å². The molecule has 0 bridgehead atoms.